The Hall–Kier alpha value is -3.67. The van der Waals surface area contributed by atoms with Crippen LogP contribution in [0.5, 0.6) is 5.75 Å². The number of hydrogen-bond donors (Lipinski definition) is 1. The molecule has 1 aromatic heterocycles. The minimum absolute atomic E-state index is 0.00954. The van der Waals surface area contributed by atoms with Crippen LogP contribution in [0.2, 0.25) is 0 Å². The number of carbonyl (C=O) groups is 2. The maximum absolute atomic E-state index is 13.7. The Bertz CT molecular complexity index is 1140. The van der Waals surface area contributed by atoms with E-state index in [2.05, 4.69) is 10.3 Å². The van der Waals surface area contributed by atoms with E-state index in [0.29, 0.717) is 17.9 Å². The quantitative estimate of drug-likeness (QED) is 0.649. The van der Waals surface area contributed by atoms with Crippen molar-refractivity contribution in [1.29, 1.82) is 0 Å². The third-order valence-corrected chi connectivity index (χ3v) is 6.20. The highest BCUT2D eigenvalue weighted by Crippen LogP contribution is 2.48. The van der Waals surface area contributed by atoms with Crippen molar-refractivity contribution in [2.75, 3.05) is 7.11 Å². The maximum atomic E-state index is 13.7. The Balaban J connectivity index is 1.58. The Morgan fingerprint density at radius 1 is 1.09 bits per heavy atom. The number of nitrogens with zero attached hydrogens (tertiary/aromatic N) is 2. The number of nitrogens with one attached hydrogen (secondary N) is 1. The van der Waals surface area contributed by atoms with Crippen LogP contribution in [-0.2, 0) is 11.3 Å². The first kappa shape index (κ1) is 20.2. The number of rotatable bonds is 6. The number of carbonyl (C=O) groups excluding carboxylic acids is 2. The molecule has 2 atom stereocenters. The summed E-state index contributed by atoms with van der Waals surface area (Å²) in [4.78, 5) is 33.4. The molecule has 5 rings (SSSR count). The fourth-order valence-electron chi connectivity index (χ4n) is 4.56. The average Bonchev–Trinajstić information content (AvgIpc) is 3.68. The molecule has 1 saturated carbocycles. The summed E-state index contributed by atoms with van der Waals surface area (Å²) >= 11 is 0. The average molecular weight is 428 g/mol. The highest BCUT2D eigenvalue weighted by atomic mass is 16.5. The number of pyridine rings is 1. The third-order valence-electron chi connectivity index (χ3n) is 6.20. The first-order valence-corrected chi connectivity index (χ1v) is 10.9. The van der Waals surface area contributed by atoms with Crippen LogP contribution in [0.1, 0.15) is 52.0 Å². The van der Waals surface area contributed by atoms with E-state index in [9.17, 15) is 9.59 Å². The highest BCUT2D eigenvalue weighted by Gasteiger charge is 2.49. The summed E-state index contributed by atoms with van der Waals surface area (Å²) in [5.41, 5.74) is 3.06. The summed E-state index contributed by atoms with van der Waals surface area (Å²) in [7, 11) is 1.62. The molecule has 0 radical (unpaired) electrons. The predicted molar refractivity (Wildman–Crippen MR) is 120 cm³/mol. The van der Waals surface area contributed by atoms with E-state index in [1.807, 2.05) is 71.6 Å². The SMILES string of the molecule is COc1cccc([C@@H]2[C@H](C(=O)NCc3ccccn3)c3ccccc3C(=O)N2C2CC2)c1. The van der Waals surface area contributed by atoms with Gasteiger partial charge in [-0.3, -0.25) is 14.6 Å². The molecule has 0 unspecified atom stereocenters. The molecule has 0 spiro atoms. The molecule has 32 heavy (non-hydrogen) atoms. The van der Waals surface area contributed by atoms with Crippen LogP contribution >= 0.6 is 0 Å². The summed E-state index contributed by atoms with van der Waals surface area (Å²) in [6.45, 7) is 0.334. The summed E-state index contributed by atoms with van der Waals surface area (Å²) < 4.78 is 5.44. The molecule has 6 heteroatoms. The van der Waals surface area contributed by atoms with Crippen molar-refractivity contribution in [3.8, 4) is 5.75 Å². The lowest BCUT2D eigenvalue weighted by atomic mass is 9.79. The lowest BCUT2D eigenvalue weighted by Crippen LogP contribution is -2.48. The number of benzene rings is 2. The number of aromatic nitrogens is 1. The van der Waals surface area contributed by atoms with Gasteiger partial charge >= 0.3 is 0 Å². The number of ether oxygens (including phenoxy) is 1. The summed E-state index contributed by atoms with van der Waals surface area (Å²) in [5, 5.41) is 3.06. The largest absolute Gasteiger partial charge is 0.497 e. The van der Waals surface area contributed by atoms with Gasteiger partial charge in [0.25, 0.3) is 5.91 Å². The number of fused-ring (bicyclic) bond motifs is 1. The second-order valence-electron chi connectivity index (χ2n) is 8.27. The second-order valence-corrected chi connectivity index (χ2v) is 8.27. The zero-order valence-electron chi connectivity index (χ0n) is 17.9. The molecule has 1 aliphatic heterocycles. The van der Waals surface area contributed by atoms with E-state index in [1.54, 1.807) is 13.3 Å². The summed E-state index contributed by atoms with van der Waals surface area (Å²) in [6.07, 6.45) is 3.62. The molecule has 3 aromatic rings. The first-order chi connectivity index (χ1) is 15.7. The van der Waals surface area contributed by atoms with Crippen LogP contribution in [0, 0.1) is 0 Å². The normalized spacial score (nSPS) is 19.9. The van der Waals surface area contributed by atoms with Crippen molar-refractivity contribution >= 4 is 11.8 Å². The van der Waals surface area contributed by atoms with Gasteiger partial charge in [-0.05, 0) is 54.3 Å². The predicted octanol–water partition coefficient (Wildman–Crippen LogP) is 3.85. The topological polar surface area (TPSA) is 71.5 Å². The number of amides is 2. The highest BCUT2D eigenvalue weighted by molar-refractivity contribution is 6.01. The van der Waals surface area contributed by atoms with Crippen molar-refractivity contribution in [2.24, 2.45) is 0 Å². The lowest BCUT2D eigenvalue weighted by molar-refractivity contribution is -0.124. The van der Waals surface area contributed by atoms with E-state index < -0.39 is 12.0 Å². The number of methoxy groups -OCH3 is 1. The van der Waals surface area contributed by atoms with E-state index in [0.717, 1.165) is 29.7 Å². The minimum atomic E-state index is -0.527. The third kappa shape index (κ3) is 3.73. The van der Waals surface area contributed by atoms with Crippen molar-refractivity contribution in [3.63, 3.8) is 0 Å². The van der Waals surface area contributed by atoms with Gasteiger partial charge in [0, 0.05) is 17.8 Å². The number of hydrogen-bond acceptors (Lipinski definition) is 4. The molecule has 2 aliphatic rings. The van der Waals surface area contributed by atoms with E-state index in [1.165, 1.54) is 0 Å². The van der Waals surface area contributed by atoms with Crippen LogP contribution in [0.4, 0.5) is 0 Å². The molecule has 0 saturated heterocycles. The minimum Gasteiger partial charge on any atom is -0.497 e. The Kier molecular flexibility index (Phi) is 5.35. The summed E-state index contributed by atoms with van der Waals surface area (Å²) in [5.74, 6) is 0.0521. The molecular formula is C26H25N3O3. The van der Waals surface area contributed by atoms with Crippen molar-refractivity contribution in [3.05, 3.63) is 95.3 Å². The molecule has 162 valence electrons. The smallest absolute Gasteiger partial charge is 0.254 e. The Labute approximate surface area is 187 Å². The van der Waals surface area contributed by atoms with E-state index in [-0.39, 0.29) is 17.9 Å². The van der Waals surface area contributed by atoms with Gasteiger partial charge in [-0.1, -0.05) is 36.4 Å². The van der Waals surface area contributed by atoms with Gasteiger partial charge < -0.3 is 15.0 Å². The molecule has 1 N–H and O–H groups in total. The Morgan fingerprint density at radius 3 is 2.66 bits per heavy atom. The van der Waals surface area contributed by atoms with Gasteiger partial charge in [-0.2, -0.15) is 0 Å². The lowest BCUT2D eigenvalue weighted by Gasteiger charge is -2.42. The van der Waals surface area contributed by atoms with Crippen molar-refractivity contribution in [1.82, 2.24) is 15.2 Å². The monoisotopic (exact) mass is 427 g/mol. The van der Waals surface area contributed by atoms with Gasteiger partial charge in [-0.25, -0.2) is 0 Å². The van der Waals surface area contributed by atoms with Crippen LogP contribution in [0.25, 0.3) is 0 Å². The fraction of sp³-hybridized carbons (Fsp3) is 0.269. The molecule has 1 aliphatic carbocycles. The van der Waals surface area contributed by atoms with E-state index >= 15 is 0 Å². The maximum Gasteiger partial charge on any atom is 0.254 e. The van der Waals surface area contributed by atoms with Crippen LogP contribution < -0.4 is 10.1 Å². The van der Waals surface area contributed by atoms with Gasteiger partial charge in [0.2, 0.25) is 5.91 Å². The van der Waals surface area contributed by atoms with Gasteiger partial charge in [0.05, 0.1) is 31.3 Å². The zero-order valence-corrected chi connectivity index (χ0v) is 17.9. The van der Waals surface area contributed by atoms with Crippen molar-refractivity contribution < 1.29 is 14.3 Å². The Morgan fingerprint density at radius 2 is 1.91 bits per heavy atom. The molecule has 2 aromatic carbocycles. The van der Waals surface area contributed by atoms with Gasteiger partial charge in [-0.15, -0.1) is 0 Å². The van der Waals surface area contributed by atoms with Crippen LogP contribution in [0.3, 0.4) is 0 Å². The molecular weight excluding hydrogens is 402 g/mol. The van der Waals surface area contributed by atoms with Crippen LogP contribution in [-0.4, -0.2) is 34.8 Å². The molecule has 2 amide bonds. The first-order valence-electron chi connectivity index (χ1n) is 10.9. The van der Waals surface area contributed by atoms with E-state index in [4.69, 9.17) is 4.74 Å². The molecule has 6 nitrogen and oxygen atoms in total. The van der Waals surface area contributed by atoms with Gasteiger partial charge in [0.15, 0.2) is 0 Å². The van der Waals surface area contributed by atoms with Gasteiger partial charge in [0.1, 0.15) is 5.75 Å². The van der Waals surface area contributed by atoms with Crippen LogP contribution in [0.15, 0.2) is 72.9 Å². The zero-order chi connectivity index (χ0) is 22.1. The van der Waals surface area contributed by atoms with Crippen molar-refractivity contribution in [2.45, 2.75) is 37.4 Å². The fourth-order valence-corrected chi connectivity index (χ4v) is 4.56. The standard InChI is InChI=1S/C26H25N3O3/c1-32-20-9-6-7-17(15-20)24-23(25(30)28-16-18-8-4-5-14-27-18)21-10-2-3-11-22(21)26(31)29(24)19-12-13-19/h2-11,14-15,19,23-24H,12-13,16H2,1H3,(H,28,30)/t23-,24-/m1/s1. The summed E-state index contributed by atoms with van der Waals surface area (Å²) in [6, 6.07) is 20.5. The second kappa shape index (κ2) is 8.46. The molecule has 0 bridgehead atoms. The molecule has 1 fully saturated rings. The molecule has 2 heterocycles.